The van der Waals surface area contributed by atoms with Gasteiger partial charge >= 0.3 is 5.97 Å². The molecular weight excluding hydrogens is 346 g/mol. The number of nitrogens with zero attached hydrogens (tertiary/aromatic N) is 3. The zero-order chi connectivity index (χ0) is 19.2. The molecule has 0 aliphatic carbocycles. The van der Waals surface area contributed by atoms with Crippen LogP contribution in [-0.2, 0) is 16.1 Å². The van der Waals surface area contributed by atoms with Gasteiger partial charge in [-0.3, -0.25) is 14.6 Å². The molecule has 0 unspecified atom stereocenters. The molecule has 0 N–H and O–H groups in total. The van der Waals surface area contributed by atoms with E-state index >= 15 is 0 Å². The molecule has 0 saturated carbocycles. The van der Waals surface area contributed by atoms with Crippen LogP contribution < -0.4 is 0 Å². The van der Waals surface area contributed by atoms with E-state index < -0.39 is 11.9 Å². The van der Waals surface area contributed by atoms with E-state index in [4.69, 9.17) is 9.26 Å². The summed E-state index contributed by atoms with van der Waals surface area (Å²) in [7, 11) is 1.29. The molecular formula is C20H19N3O4. The van der Waals surface area contributed by atoms with Crippen LogP contribution in [0.5, 0.6) is 0 Å². The maximum absolute atomic E-state index is 12.9. The summed E-state index contributed by atoms with van der Waals surface area (Å²) in [6, 6.07) is 12.8. The molecule has 3 rings (SSSR count). The Hall–Kier alpha value is -3.48. The summed E-state index contributed by atoms with van der Waals surface area (Å²) < 4.78 is 10.00. The van der Waals surface area contributed by atoms with Crippen LogP contribution in [0.4, 0.5) is 0 Å². The lowest BCUT2D eigenvalue weighted by Gasteiger charge is -2.21. The first-order chi connectivity index (χ1) is 13.1. The van der Waals surface area contributed by atoms with Crippen LogP contribution >= 0.6 is 0 Å². The lowest BCUT2D eigenvalue weighted by molar-refractivity contribution is -0.141. The summed E-state index contributed by atoms with van der Waals surface area (Å²) in [5.41, 5.74) is 2.79. The number of rotatable bonds is 6. The molecule has 0 saturated heterocycles. The fourth-order valence-electron chi connectivity index (χ4n) is 2.60. The van der Waals surface area contributed by atoms with Gasteiger partial charge in [0.15, 0.2) is 11.5 Å². The van der Waals surface area contributed by atoms with Gasteiger partial charge in [0, 0.05) is 30.6 Å². The van der Waals surface area contributed by atoms with Gasteiger partial charge < -0.3 is 14.2 Å². The Labute approximate surface area is 156 Å². The number of carbonyl (C=O) groups excluding carboxylic acids is 2. The average molecular weight is 365 g/mol. The van der Waals surface area contributed by atoms with E-state index in [2.05, 4.69) is 10.1 Å². The van der Waals surface area contributed by atoms with Gasteiger partial charge in [-0.25, -0.2) is 0 Å². The molecule has 0 spiro atoms. The van der Waals surface area contributed by atoms with Crippen molar-refractivity contribution in [3.63, 3.8) is 0 Å². The molecule has 138 valence electrons. The van der Waals surface area contributed by atoms with E-state index in [0.29, 0.717) is 11.3 Å². The minimum atomic E-state index is -0.507. The standard InChI is InChI=1S/C20H19N3O4/c1-14-6-3-4-7-16(14)12-23(13-19(24)26-2)20(25)17-10-18(27-22-17)15-8-5-9-21-11-15/h3-11H,12-13H2,1-2H3. The lowest BCUT2D eigenvalue weighted by Crippen LogP contribution is -2.36. The quantitative estimate of drug-likeness (QED) is 0.625. The number of esters is 1. The van der Waals surface area contributed by atoms with Crippen molar-refractivity contribution >= 4 is 11.9 Å². The Morgan fingerprint density at radius 2 is 2.00 bits per heavy atom. The molecule has 1 amide bonds. The molecule has 7 nitrogen and oxygen atoms in total. The molecule has 2 heterocycles. The summed E-state index contributed by atoms with van der Waals surface area (Å²) in [6.45, 7) is 2.03. The number of methoxy groups -OCH3 is 1. The van der Waals surface area contributed by atoms with Crippen LogP contribution in [-0.4, -0.2) is 40.6 Å². The number of hydrogen-bond acceptors (Lipinski definition) is 6. The lowest BCUT2D eigenvalue weighted by atomic mass is 10.1. The summed E-state index contributed by atoms with van der Waals surface area (Å²) >= 11 is 0. The first-order valence-electron chi connectivity index (χ1n) is 8.36. The SMILES string of the molecule is COC(=O)CN(Cc1ccccc1C)C(=O)c1cc(-c2cccnc2)on1. The molecule has 7 heteroatoms. The van der Waals surface area contributed by atoms with Crippen molar-refractivity contribution in [2.75, 3.05) is 13.7 Å². The van der Waals surface area contributed by atoms with Crippen molar-refractivity contribution in [3.8, 4) is 11.3 Å². The third kappa shape index (κ3) is 4.38. The highest BCUT2D eigenvalue weighted by atomic mass is 16.5. The van der Waals surface area contributed by atoms with Gasteiger partial charge in [-0.05, 0) is 30.2 Å². The molecule has 2 aromatic heterocycles. The maximum Gasteiger partial charge on any atom is 0.325 e. The molecule has 0 radical (unpaired) electrons. The molecule has 0 fully saturated rings. The van der Waals surface area contributed by atoms with Crippen molar-refractivity contribution in [1.29, 1.82) is 0 Å². The summed E-state index contributed by atoms with van der Waals surface area (Å²) in [5, 5.41) is 3.86. The number of aryl methyl sites for hydroxylation is 1. The molecule has 0 bridgehead atoms. The zero-order valence-electron chi connectivity index (χ0n) is 15.1. The largest absolute Gasteiger partial charge is 0.468 e. The van der Waals surface area contributed by atoms with Crippen molar-refractivity contribution in [3.05, 3.63) is 71.7 Å². The van der Waals surface area contributed by atoms with E-state index in [1.807, 2.05) is 31.2 Å². The fraction of sp³-hybridized carbons (Fsp3) is 0.200. The monoisotopic (exact) mass is 365 g/mol. The number of carbonyl (C=O) groups is 2. The van der Waals surface area contributed by atoms with Crippen molar-refractivity contribution in [2.45, 2.75) is 13.5 Å². The number of aromatic nitrogens is 2. The highest BCUT2D eigenvalue weighted by Gasteiger charge is 2.23. The number of hydrogen-bond donors (Lipinski definition) is 0. The second-order valence-corrected chi connectivity index (χ2v) is 5.98. The van der Waals surface area contributed by atoms with Crippen LogP contribution in [0, 0.1) is 6.92 Å². The second-order valence-electron chi connectivity index (χ2n) is 5.98. The second kappa shape index (κ2) is 8.27. The first-order valence-corrected chi connectivity index (χ1v) is 8.36. The summed E-state index contributed by atoms with van der Waals surface area (Å²) in [4.78, 5) is 30.1. The Morgan fingerprint density at radius 3 is 2.70 bits per heavy atom. The highest BCUT2D eigenvalue weighted by molar-refractivity contribution is 5.95. The minimum absolute atomic E-state index is 0.117. The minimum Gasteiger partial charge on any atom is -0.468 e. The van der Waals surface area contributed by atoms with Gasteiger partial charge in [0.25, 0.3) is 5.91 Å². The fourth-order valence-corrected chi connectivity index (χ4v) is 2.60. The zero-order valence-corrected chi connectivity index (χ0v) is 15.1. The predicted molar refractivity (Wildman–Crippen MR) is 97.7 cm³/mol. The molecule has 0 atom stereocenters. The maximum atomic E-state index is 12.9. The van der Waals surface area contributed by atoms with E-state index in [1.54, 1.807) is 30.6 Å². The van der Waals surface area contributed by atoms with Crippen molar-refractivity contribution < 1.29 is 18.8 Å². The van der Waals surface area contributed by atoms with E-state index in [1.165, 1.54) is 12.0 Å². The molecule has 0 aliphatic rings. The smallest absolute Gasteiger partial charge is 0.325 e. The Kier molecular flexibility index (Phi) is 5.61. The Balaban J connectivity index is 1.85. The van der Waals surface area contributed by atoms with Gasteiger partial charge in [-0.1, -0.05) is 29.4 Å². The van der Waals surface area contributed by atoms with Crippen LogP contribution in [0.3, 0.4) is 0 Å². The Morgan fingerprint density at radius 1 is 1.19 bits per heavy atom. The third-order valence-corrected chi connectivity index (χ3v) is 4.13. The first kappa shape index (κ1) is 18.3. The molecule has 27 heavy (non-hydrogen) atoms. The van der Waals surface area contributed by atoms with Crippen LogP contribution in [0.2, 0.25) is 0 Å². The van der Waals surface area contributed by atoms with Gasteiger partial charge in [0.2, 0.25) is 0 Å². The molecule has 0 aliphatic heterocycles. The summed E-state index contributed by atoms with van der Waals surface area (Å²) in [6.07, 6.45) is 3.26. The summed E-state index contributed by atoms with van der Waals surface area (Å²) in [5.74, 6) is -0.490. The number of benzene rings is 1. The predicted octanol–water partition coefficient (Wildman–Crippen LogP) is 2.86. The topological polar surface area (TPSA) is 85.5 Å². The highest BCUT2D eigenvalue weighted by Crippen LogP contribution is 2.20. The number of amides is 1. The number of pyridine rings is 1. The van der Waals surface area contributed by atoms with Crippen LogP contribution in [0.1, 0.15) is 21.6 Å². The van der Waals surface area contributed by atoms with Crippen LogP contribution in [0.25, 0.3) is 11.3 Å². The van der Waals surface area contributed by atoms with Crippen LogP contribution in [0.15, 0.2) is 59.4 Å². The number of ether oxygens (including phenoxy) is 1. The van der Waals surface area contributed by atoms with E-state index in [9.17, 15) is 9.59 Å². The van der Waals surface area contributed by atoms with Crippen molar-refractivity contribution in [1.82, 2.24) is 15.0 Å². The van der Waals surface area contributed by atoms with E-state index in [-0.39, 0.29) is 18.8 Å². The van der Waals surface area contributed by atoms with Crippen molar-refractivity contribution in [2.24, 2.45) is 0 Å². The molecule has 3 aromatic rings. The van der Waals surface area contributed by atoms with Gasteiger partial charge in [0.05, 0.1) is 7.11 Å². The normalized spacial score (nSPS) is 10.4. The van der Waals surface area contributed by atoms with Gasteiger partial charge in [-0.2, -0.15) is 0 Å². The molecule has 1 aromatic carbocycles. The Bertz CT molecular complexity index is 937. The van der Waals surface area contributed by atoms with E-state index in [0.717, 1.165) is 11.1 Å². The van der Waals surface area contributed by atoms with Gasteiger partial charge in [-0.15, -0.1) is 0 Å². The third-order valence-electron chi connectivity index (χ3n) is 4.13. The van der Waals surface area contributed by atoms with Gasteiger partial charge in [0.1, 0.15) is 6.54 Å². The average Bonchev–Trinajstić information content (AvgIpc) is 3.19.